The molecule has 0 bridgehead atoms. The third-order valence-corrected chi connectivity index (χ3v) is 6.63. The van der Waals surface area contributed by atoms with Crippen LogP contribution < -0.4 is 0 Å². The van der Waals surface area contributed by atoms with Crippen molar-refractivity contribution in [1.82, 2.24) is 0 Å². The van der Waals surface area contributed by atoms with E-state index < -0.39 is 0 Å². The summed E-state index contributed by atoms with van der Waals surface area (Å²) < 4.78 is 0. The Morgan fingerprint density at radius 3 is 2.22 bits per heavy atom. The fourth-order valence-corrected chi connectivity index (χ4v) is 5.25. The molecule has 0 aromatic carbocycles. The normalized spacial score (nSPS) is 32.7. The molecule has 2 aliphatic rings. The molecule has 23 heavy (non-hydrogen) atoms. The van der Waals surface area contributed by atoms with E-state index >= 15 is 0 Å². The molecular formula is C22H45P. The van der Waals surface area contributed by atoms with E-state index in [0.717, 1.165) is 29.6 Å². The van der Waals surface area contributed by atoms with Crippen LogP contribution in [-0.4, -0.2) is 6.66 Å². The van der Waals surface area contributed by atoms with E-state index in [1.807, 2.05) is 6.66 Å². The van der Waals surface area contributed by atoms with Gasteiger partial charge in [0.2, 0.25) is 0 Å². The van der Waals surface area contributed by atoms with Crippen molar-refractivity contribution in [2.75, 3.05) is 6.66 Å². The summed E-state index contributed by atoms with van der Waals surface area (Å²) in [5, 5.41) is 0. The van der Waals surface area contributed by atoms with Crippen LogP contribution in [0.1, 0.15) is 104 Å². The first-order chi connectivity index (χ1) is 11.2. The van der Waals surface area contributed by atoms with Crippen molar-refractivity contribution in [2.45, 2.75) is 104 Å². The minimum atomic E-state index is 0.968. The van der Waals surface area contributed by atoms with Gasteiger partial charge >= 0.3 is 0 Å². The summed E-state index contributed by atoms with van der Waals surface area (Å²) in [5.74, 6) is 5.26. The van der Waals surface area contributed by atoms with Gasteiger partial charge in [-0.15, -0.1) is 9.24 Å². The smallest absolute Gasteiger partial charge is 0.0383 e. The Labute approximate surface area is 150 Å². The molecule has 0 amide bonds. The maximum Gasteiger partial charge on any atom is -0.0383 e. The van der Waals surface area contributed by atoms with E-state index in [0.29, 0.717) is 0 Å². The lowest BCUT2D eigenvalue weighted by atomic mass is 9.68. The minimum Gasteiger partial charge on any atom is -0.141 e. The maximum absolute atomic E-state index is 2.48. The summed E-state index contributed by atoms with van der Waals surface area (Å²) in [6.45, 7) is 9.17. The Kier molecular flexibility index (Phi) is 11.9. The van der Waals surface area contributed by atoms with Crippen LogP contribution >= 0.6 is 9.24 Å². The molecule has 2 rings (SSSR count). The average Bonchev–Trinajstić information content (AvgIpc) is 2.58. The zero-order valence-electron chi connectivity index (χ0n) is 16.7. The molecular weight excluding hydrogens is 295 g/mol. The first-order valence-electron chi connectivity index (χ1n) is 10.8. The quantitative estimate of drug-likeness (QED) is 0.416. The minimum absolute atomic E-state index is 0.968. The van der Waals surface area contributed by atoms with Gasteiger partial charge in [0.25, 0.3) is 0 Å². The Bertz CT molecular complexity index is 267. The molecule has 0 nitrogen and oxygen atoms in total. The molecule has 2 aliphatic carbocycles. The predicted octanol–water partition coefficient (Wildman–Crippen LogP) is 7.72. The Morgan fingerprint density at radius 2 is 1.61 bits per heavy atom. The third kappa shape index (κ3) is 8.38. The topological polar surface area (TPSA) is 0 Å². The second kappa shape index (κ2) is 12.7. The van der Waals surface area contributed by atoms with Gasteiger partial charge in [0.15, 0.2) is 0 Å². The molecule has 0 aromatic rings. The van der Waals surface area contributed by atoms with Crippen LogP contribution in [0.3, 0.4) is 0 Å². The highest BCUT2D eigenvalue weighted by molar-refractivity contribution is 7.15. The summed E-state index contributed by atoms with van der Waals surface area (Å²) in [6.07, 6.45) is 19.7. The molecule has 0 heterocycles. The van der Waals surface area contributed by atoms with Crippen molar-refractivity contribution in [3.63, 3.8) is 0 Å². The summed E-state index contributed by atoms with van der Waals surface area (Å²) in [7, 11) is 2.42. The molecule has 0 radical (unpaired) electrons. The van der Waals surface area contributed by atoms with E-state index in [1.165, 1.54) is 44.9 Å². The molecule has 2 saturated carbocycles. The van der Waals surface area contributed by atoms with E-state index in [2.05, 4.69) is 30.0 Å². The second-order valence-electron chi connectivity index (χ2n) is 8.64. The van der Waals surface area contributed by atoms with Crippen LogP contribution in [0.15, 0.2) is 0 Å². The molecule has 0 spiro atoms. The second-order valence-corrected chi connectivity index (χ2v) is 8.64. The summed E-state index contributed by atoms with van der Waals surface area (Å²) in [5.41, 5.74) is 0. The molecule has 0 aromatic heterocycles. The fraction of sp³-hybridized carbons (Fsp3) is 1.00. The Balaban J connectivity index is 0.00000127. The highest BCUT2D eigenvalue weighted by atomic mass is 31.0. The van der Waals surface area contributed by atoms with E-state index in [4.69, 9.17) is 0 Å². The summed E-state index contributed by atoms with van der Waals surface area (Å²) in [4.78, 5) is 0. The standard InChI is InChI=1S/C21H40.CH5P/c1-4-7-17(2)8-5-10-19-12-14-20(15-13-19)21-11-6-9-18(3)16-21;1-2/h17-21H,4-16H2,1-3H3;2H2,1H3. The zero-order valence-corrected chi connectivity index (χ0v) is 17.8. The van der Waals surface area contributed by atoms with Crippen molar-refractivity contribution >= 4 is 9.24 Å². The molecule has 0 N–H and O–H groups in total. The molecule has 4 atom stereocenters. The molecule has 0 aliphatic heterocycles. The first kappa shape index (κ1) is 21.5. The van der Waals surface area contributed by atoms with E-state index in [-0.39, 0.29) is 0 Å². The van der Waals surface area contributed by atoms with E-state index in [9.17, 15) is 0 Å². The first-order valence-corrected chi connectivity index (χ1v) is 11.9. The summed E-state index contributed by atoms with van der Waals surface area (Å²) >= 11 is 0. The number of hydrogen-bond donors (Lipinski definition) is 0. The van der Waals surface area contributed by atoms with Gasteiger partial charge in [0, 0.05) is 0 Å². The molecule has 4 unspecified atom stereocenters. The lowest BCUT2D eigenvalue weighted by molar-refractivity contribution is 0.141. The SMILES string of the molecule is CCCC(C)CCCC1CCC(C2CCCC(C)C2)CC1.CP. The molecule has 1 heteroatoms. The Morgan fingerprint density at radius 1 is 0.913 bits per heavy atom. The van der Waals surface area contributed by atoms with Crippen molar-refractivity contribution in [3.05, 3.63) is 0 Å². The van der Waals surface area contributed by atoms with Gasteiger partial charge in [-0.25, -0.2) is 0 Å². The van der Waals surface area contributed by atoms with Crippen LogP contribution in [0.2, 0.25) is 0 Å². The highest BCUT2D eigenvalue weighted by Crippen LogP contribution is 2.42. The Hall–Kier alpha value is 0.430. The largest absolute Gasteiger partial charge is 0.141 e. The highest BCUT2D eigenvalue weighted by Gasteiger charge is 2.30. The van der Waals surface area contributed by atoms with Crippen molar-refractivity contribution in [1.29, 1.82) is 0 Å². The monoisotopic (exact) mass is 340 g/mol. The predicted molar refractivity (Wildman–Crippen MR) is 110 cm³/mol. The number of hydrogen-bond acceptors (Lipinski definition) is 0. The zero-order chi connectivity index (χ0) is 17.1. The van der Waals surface area contributed by atoms with Gasteiger partial charge in [-0.2, -0.15) is 0 Å². The lowest BCUT2D eigenvalue weighted by Crippen LogP contribution is -2.25. The fourth-order valence-electron chi connectivity index (χ4n) is 5.25. The summed E-state index contributed by atoms with van der Waals surface area (Å²) in [6, 6.07) is 0. The van der Waals surface area contributed by atoms with Gasteiger partial charge in [-0.05, 0) is 48.9 Å². The third-order valence-electron chi connectivity index (χ3n) is 6.63. The maximum atomic E-state index is 2.48. The van der Waals surface area contributed by atoms with Gasteiger partial charge < -0.3 is 0 Å². The molecule has 2 fully saturated rings. The average molecular weight is 341 g/mol. The van der Waals surface area contributed by atoms with Crippen LogP contribution in [0.5, 0.6) is 0 Å². The van der Waals surface area contributed by atoms with Gasteiger partial charge in [0.05, 0.1) is 0 Å². The van der Waals surface area contributed by atoms with Crippen molar-refractivity contribution < 1.29 is 0 Å². The van der Waals surface area contributed by atoms with Gasteiger partial charge in [0.1, 0.15) is 0 Å². The van der Waals surface area contributed by atoms with Crippen LogP contribution in [-0.2, 0) is 0 Å². The van der Waals surface area contributed by atoms with Crippen LogP contribution in [0.25, 0.3) is 0 Å². The molecule has 138 valence electrons. The van der Waals surface area contributed by atoms with Gasteiger partial charge in [-0.1, -0.05) is 91.6 Å². The van der Waals surface area contributed by atoms with Gasteiger partial charge in [-0.3, -0.25) is 0 Å². The van der Waals surface area contributed by atoms with Crippen LogP contribution in [0, 0.1) is 29.6 Å². The van der Waals surface area contributed by atoms with Crippen LogP contribution in [0.4, 0.5) is 0 Å². The lowest BCUT2D eigenvalue weighted by Gasteiger charge is -2.37. The number of rotatable bonds is 7. The van der Waals surface area contributed by atoms with E-state index in [1.54, 1.807) is 38.5 Å². The van der Waals surface area contributed by atoms with Crippen molar-refractivity contribution in [3.8, 4) is 0 Å². The molecule has 0 saturated heterocycles. The van der Waals surface area contributed by atoms with Crippen molar-refractivity contribution in [2.24, 2.45) is 29.6 Å².